The molecule has 0 fully saturated rings. The van der Waals surface area contributed by atoms with Gasteiger partial charge in [-0.2, -0.15) is 0 Å². The summed E-state index contributed by atoms with van der Waals surface area (Å²) >= 11 is 2.54. The van der Waals surface area contributed by atoms with E-state index in [2.05, 4.69) is 5.32 Å². The number of carbonyl (C=O) groups excluding carboxylic acids is 2. The van der Waals surface area contributed by atoms with Crippen molar-refractivity contribution in [2.24, 2.45) is 0 Å². The third-order valence-corrected chi connectivity index (χ3v) is 5.09. The van der Waals surface area contributed by atoms with Gasteiger partial charge >= 0.3 is 4.87 Å². The zero-order valence-electron chi connectivity index (χ0n) is 11.8. The van der Waals surface area contributed by atoms with Crippen LogP contribution in [0.4, 0.5) is 0 Å². The molecule has 0 radical (unpaired) electrons. The van der Waals surface area contributed by atoms with Crippen molar-refractivity contribution in [1.29, 1.82) is 0 Å². The summed E-state index contributed by atoms with van der Waals surface area (Å²) in [6.45, 7) is 4.09. The van der Waals surface area contributed by atoms with Gasteiger partial charge in [-0.15, -0.1) is 11.3 Å². The van der Waals surface area contributed by atoms with E-state index in [9.17, 15) is 14.4 Å². The molecule has 1 amide bonds. The first kappa shape index (κ1) is 15.7. The van der Waals surface area contributed by atoms with Gasteiger partial charge in [-0.1, -0.05) is 17.4 Å². The van der Waals surface area contributed by atoms with Crippen LogP contribution in [0.15, 0.2) is 22.3 Å². The predicted molar refractivity (Wildman–Crippen MR) is 84.3 cm³/mol. The number of amides is 1. The maximum absolute atomic E-state index is 11.7. The van der Waals surface area contributed by atoms with Crippen molar-refractivity contribution in [3.63, 3.8) is 0 Å². The van der Waals surface area contributed by atoms with Crippen LogP contribution in [-0.2, 0) is 11.3 Å². The van der Waals surface area contributed by atoms with Crippen LogP contribution in [0.5, 0.6) is 0 Å². The molecule has 21 heavy (non-hydrogen) atoms. The molecule has 0 aliphatic carbocycles. The first-order valence-corrected chi connectivity index (χ1v) is 8.19. The third-order valence-electron chi connectivity index (χ3n) is 3.18. The minimum absolute atomic E-state index is 0.00408. The summed E-state index contributed by atoms with van der Waals surface area (Å²) in [4.78, 5) is 36.7. The Kier molecular flexibility index (Phi) is 5.08. The van der Waals surface area contributed by atoms with E-state index in [0.29, 0.717) is 11.4 Å². The second-order valence-corrected chi connectivity index (χ2v) is 6.70. The Labute approximate surface area is 130 Å². The highest BCUT2D eigenvalue weighted by atomic mass is 32.1. The first-order chi connectivity index (χ1) is 9.99. The van der Waals surface area contributed by atoms with Crippen molar-refractivity contribution in [2.45, 2.75) is 26.8 Å². The molecule has 5 nitrogen and oxygen atoms in total. The lowest BCUT2D eigenvalue weighted by Gasteiger charge is -2.06. The lowest BCUT2D eigenvalue weighted by Crippen LogP contribution is -2.30. The van der Waals surface area contributed by atoms with Gasteiger partial charge in [0.05, 0.1) is 11.4 Å². The number of hydrogen-bond donors (Lipinski definition) is 1. The van der Waals surface area contributed by atoms with Crippen molar-refractivity contribution in [2.75, 3.05) is 6.54 Å². The topological polar surface area (TPSA) is 68.2 Å². The standard InChI is InChI=1S/C14H16N2O3S2/c1-9-10(2)21-14(19)16(9)6-5-13(18)15-8-11(17)12-4-3-7-20-12/h3-4,7H,5-6,8H2,1-2H3,(H,15,18). The van der Waals surface area contributed by atoms with Crippen LogP contribution in [-0.4, -0.2) is 22.8 Å². The Morgan fingerprint density at radius 1 is 1.33 bits per heavy atom. The van der Waals surface area contributed by atoms with Crippen molar-refractivity contribution in [3.8, 4) is 0 Å². The molecule has 1 N–H and O–H groups in total. The summed E-state index contributed by atoms with van der Waals surface area (Å²) in [6, 6.07) is 3.53. The van der Waals surface area contributed by atoms with Gasteiger partial charge in [0.15, 0.2) is 5.78 Å². The van der Waals surface area contributed by atoms with E-state index in [1.54, 1.807) is 16.7 Å². The second-order valence-electron chi connectivity index (χ2n) is 4.59. The van der Waals surface area contributed by atoms with E-state index >= 15 is 0 Å². The number of carbonyl (C=O) groups is 2. The Morgan fingerprint density at radius 2 is 2.10 bits per heavy atom. The molecule has 2 heterocycles. The SMILES string of the molecule is Cc1sc(=O)n(CCC(=O)NCC(=O)c2cccs2)c1C. The average Bonchev–Trinajstić information content (AvgIpc) is 3.05. The molecule has 0 saturated carbocycles. The van der Waals surface area contributed by atoms with Gasteiger partial charge in [-0.05, 0) is 25.3 Å². The number of rotatable bonds is 6. The molecule has 0 spiro atoms. The maximum Gasteiger partial charge on any atom is 0.307 e. The molecule has 0 aliphatic heterocycles. The molecular formula is C14H16N2O3S2. The Hall–Kier alpha value is -1.73. The van der Waals surface area contributed by atoms with Crippen LogP contribution in [0, 0.1) is 13.8 Å². The third kappa shape index (κ3) is 3.89. The number of thiophene rings is 1. The summed E-state index contributed by atoms with van der Waals surface area (Å²) in [7, 11) is 0. The van der Waals surface area contributed by atoms with Gasteiger partial charge in [0.1, 0.15) is 0 Å². The highest BCUT2D eigenvalue weighted by Gasteiger charge is 2.11. The largest absolute Gasteiger partial charge is 0.349 e. The Balaban J connectivity index is 1.83. The van der Waals surface area contributed by atoms with E-state index in [4.69, 9.17) is 0 Å². The van der Waals surface area contributed by atoms with E-state index in [0.717, 1.165) is 10.6 Å². The van der Waals surface area contributed by atoms with E-state index in [1.165, 1.54) is 22.7 Å². The fourth-order valence-electron chi connectivity index (χ4n) is 1.85. The Bertz CT molecular complexity index is 698. The van der Waals surface area contributed by atoms with Gasteiger partial charge in [-0.3, -0.25) is 14.4 Å². The van der Waals surface area contributed by atoms with Crippen molar-refractivity contribution in [3.05, 3.63) is 42.6 Å². The lowest BCUT2D eigenvalue weighted by molar-refractivity contribution is -0.121. The minimum atomic E-state index is -0.227. The van der Waals surface area contributed by atoms with Crippen LogP contribution < -0.4 is 10.2 Å². The van der Waals surface area contributed by atoms with E-state index < -0.39 is 0 Å². The maximum atomic E-state index is 11.7. The zero-order valence-corrected chi connectivity index (χ0v) is 13.5. The number of nitrogens with zero attached hydrogens (tertiary/aromatic N) is 1. The van der Waals surface area contributed by atoms with Gasteiger partial charge in [0.2, 0.25) is 5.91 Å². The van der Waals surface area contributed by atoms with Crippen molar-refractivity contribution in [1.82, 2.24) is 9.88 Å². The number of aromatic nitrogens is 1. The smallest absolute Gasteiger partial charge is 0.307 e. The molecule has 0 unspecified atom stereocenters. The number of hydrogen-bond acceptors (Lipinski definition) is 5. The predicted octanol–water partition coefficient (Wildman–Crippen LogP) is 1.98. The van der Waals surface area contributed by atoms with Gasteiger partial charge in [0.25, 0.3) is 0 Å². The summed E-state index contributed by atoms with van der Waals surface area (Å²) in [6.07, 6.45) is 0.189. The van der Waals surface area contributed by atoms with Crippen molar-refractivity contribution < 1.29 is 9.59 Å². The van der Waals surface area contributed by atoms with E-state index in [-0.39, 0.29) is 29.5 Å². The lowest BCUT2D eigenvalue weighted by atomic mass is 10.3. The number of ketones is 1. The average molecular weight is 324 g/mol. The quantitative estimate of drug-likeness (QED) is 0.826. The molecule has 2 aromatic rings. The van der Waals surface area contributed by atoms with Gasteiger partial charge in [-0.25, -0.2) is 0 Å². The van der Waals surface area contributed by atoms with Gasteiger partial charge < -0.3 is 9.88 Å². The Morgan fingerprint density at radius 3 is 2.67 bits per heavy atom. The molecule has 0 atom stereocenters. The number of Topliss-reactive ketones (excluding diaryl/α,β-unsaturated/α-hetero) is 1. The number of nitrogens with one attached hydrogen (secondary N) is 1. The van der Waals surface area contributed by atoms with Crippen LogP contribution >= 0.6 is 22.7 Å². The zero-order chi connectivity index (χ0) is 15.4. The molecule has 0 aliphatic rings. The fraction of sp³-hybridized carbons (Fsp3) is 0.357. The van der Waals surface area contributed by atoms with Gasteiger partial charge in [0, 0.05) is 23.5 Å². The molecule has 112 valence electrons. The number of aryl methyl sites for hydroxylation is 1. The summed E-state index contributed by atoms with van der Waals surface area (Å²) in [5, 5.41) is 4.42. The van der Waals surface area contributed by atoms with Crippen LogP contribution in [0.3, 0.4) is 0 Å². The normalized spacial score (nSPS) is 10.6. The molecule has 0 aromatic carbocycles. The van der Waals surface area contributed by atoms with E-state index in [1.807, 2.05) is 19.2 Å². The molecule has 0 saturated heterocycles. The summed E-state index contributed by atoms with van der Waals surface area (Å²) in [5.41, 5.74) is 0.896. The molecular weight excluding hydrogens is 308 g/mol. The molecule has 0 bridgehead atoms. The molecule has 2 rings (SSSR count). The molecule has 7 heteroatoms. The second kappa shape index (κ2) is 6.82. The summed E-state index contributed by atoms with van der Waals surface area (Å²) < 4.78 is 1.60. The van der Waals surface area contributed by atoms with Crippen LogP contribution in [0.25, 0.3) is 0 Å². The van der Waals surface area contributed by atoms with Crippen LogP contribution in [0.2, 0.25) is 0 Å². The molecule has 2 aromatic heterocycles. The minimum Gasteiger partial charge on any atom is -0.349 e. The monoisotopic (exact) mass is 324 g/mol. The van der Waals surface area contributed by atoms with Crippen LogP contribution in [0.1, 0.15) is 26.7 Å². The highest BCUT2D eigenvalue weighted by molar-refractivity contribution is 7.12. The highest BCUT2D eigenvalue weighted by Crippen LogP contribution is 2.10. The van der Waals surface area contributed by atoms with Crippen molar-refractivity contribution >= 4 is 34.4 Å². The number of thiazole rings is 1. The first-order valence-electron chi connectivity index (χ1n) is 6.49. The summed E-state index contributed by atoms with van der Waals surface area (Å²) in [5.74, 6) is -0.326. The fourth-order valence-corrected chi connectivity index (χ4v) is 3.37.